The summed E-state index contributed by atoms with van der Waals surface area (Å²) in [6, 6.07) is 15.8. The second-order valence-corrected chi connectivity index (χ2v) is 8.25. The van der Waals surface area contributed by atoms with E-state index in [1.807, 2.05) is 6.07 Å². The largest absolute Gasteiger partial charge is 0.493 e. The highest BCUT2D eigenvalue weighted by Gasteiger charge is 2.30. The second-order valence-electron chi connectivity index (χ2n) is 7.34. The summed E-state index contributed by atoms with van der Waals surface area (Å²) in [6.45, 7) is 1.68. The van der Waals surface area contributed by atoms with E-state index in [0.717, 1.165) is 10.0 Å². The van der Waals surface area contributed by atoms with Crippen molar-refractivity contribution < 1.29 is 28.5 Å². The van der Waals surface area contributed by atoms with Crippen molar-refractivity contribution in [3.05, 3.63) is 87.1 Å². The Morgan fingerprint density at radius 2 is 1.67 bits per heavy atom. The third kappa shape index (κ3) is 4.64. The van der Waals surface area contributed by atoms with Crippen molar-refractivity contribution in [1.82, 2.24) is 0 Å². The minimum Gasteiger partial charge on any atom is -0.493 e. The van der Waals surface area contributed by atoms with Gasteiger partial charge in [-0.15, -0.1) is 0 Å². The van der Waals surface area contributed by atoms with Crippen LogP contribution in [0.2, 0.25) is 0 Å². The molecular formula is C26H21BrO6. The molecule has 0 spiro atoms. The average Bonchev–Trinajstić information content (AvgIpc) is 3.14. The van der Waals surface area contributed by atoms with Crippen molar-refractivity contribution >= 4 is 33.6 Å². The molecule has 0 saturated heterocycles. The Balaban J connectivity index is 1.53. The standard InChI is InChI=1S/C26H21BrO6/c1-15-21(32-14-20(28)17-5-7-18(27)8-6-17)11-9-19-25(29)24(33-26(15)19)13-16-4-10-22(30-2)23(12-16)31-3/h4-13H,14H2,1-3H3/b24-13-. The van der Waals surface area contributed by atoms with Gasteiger partial charge in [0, 0.05) is 15.6 Å². The fourth-order valence-electron chi connectivity index (χ4n) is 3.48. The van der Waals surface area contributed by atoms with E-state index in [0.29, 0.717) is 39.7 Å². The number of carbonyl (C=O) groups is 2. The van der Waals surface area contributed by atoms with Crippen LogP contribution in [0.1, 0.15) is 31.8 Å². The number of hydrogen-bond donors (Lipinski definition) is 0. The Morgan fingerprint density at radius 1 is 0.970 bits per heavy atom. The molecule has 1 aliphatic heterocycles. The molecule has 0 aromatic heterocycles. The first-order chi connectivity index (χ1) is 15.9. The summed E-state index contributed by atoms with van der Waals surface area (Å²) in [4.78, 5) is 25.3. The molecule has 0 bridgehead atoms. The normalized spacial score (nSPS) is 13.5. The fourth-order valence-corrected chi connectivity index (χ4v) is 3.75. The van der Waals surface area contributed by atoms with E-state index in [9.17, 15) is 9.59 Å². The molecule has 3 aromatic rings. The summed E-state index contributed by atoms with van der Waals surface area (Å²) in [5.74, 6) is 1.89. The molecule has 6 nitrogen and oxygen atoms in total. The number of rotatable bonds is 7. The Hall–Kier alpha value is -3.58. The van der Waals surface area contributed by atoms with Crippen LogP contribution in [0.4, 0.5) is 0 Å². The first-order valence-corrected chi connectivity index (χ1v) is 10.9. The Morgan fingerprint density at radius 3 is 2.36 bits per heavy atom. The van der Waals surface area contributed by atoms with Crippen molar-refractivity contribution in [2.24, 2.45) is 0 Å². The first kappa shape index (κ1) is 22.6. The van der Waals surface area contributed by atoms with Crippen LogP contribution in [0.5, 0.6) is 23.0 Å². The van der Waals surface area contributed by atoms with Crippen LogP contribution in [0.25, 0.3) is 6.08 Å². The smallest absolute Gasteiger partial charge is 0.231 e. The molecule has 0 atom stereocenters. The van der Waals surface area contributed by atoms with Gasteiger partial charge in [0.05, 0.1) is 19.8 Å². The molecule has 33 heavy (non-hydrogen) atoms. The molecule has 4 rings (SSSR count). The zero-order chi connectivity index (χ0) is 23.5. The zero-order valence-electron chi connectivity index (χ0n) is 18.3. The van der Waals surface area contributed by atoms with E-state index in [1.165, 1.54) is 0 Å². The maximum atomic E-state index is 12.9. The highest BCUT2D eigenvalue weighted by Crippen LogP contribution is 2.39. The van der Waals surface area contributed by atoms with Crippen LogP contribution in [-0.2, 0) is 0 Å². The van der Waals surface area contributed by atoms with Crippen LogP contribution in [0, 0.1) is 6.92 Å². The lowest BCUT2D eigenvalue weighted by Gasteiger charge is -2.11. The molecule has 1 heterocycles. The summed E-state index contributed by atoms with van der Waals surface area (Å²) in [5.41, 5.74) is 2.40. The first-order valence-electron chi connectivity index (χ1n) is 10.1. The number of ketones is 2. The summed E-state index contributed by atoms with van der Waals surface area (Å²) in [5, 5.41) is 0. The number of allylic oxidation sites excluding steroid dienone is 1. The molecule has 0 radical (unpaired) electrons. The Bertz CT molecular complexity index is 1260. The number of Topliss-reactive ketones (excluding diaryl/α,β-unsaturated/α-hetero) is 2. The molecule has 0 aliphatic carbocycles. The number of halogens is 1. The highest BCUT2D eigenvalue weighted by molar-refractivity contribution is 9.10. The number of fused-ring (bicyclic) bond motifs is 1. The van der Waals surface area contributed by atoms with Gasteiger partial charge in [0.2, 0.25) is 5.78 Å². The van der Waals surface area contributed by atoms with Gasteiger partial charge in [0.1, 0.15) is 11.5 Å². The van der Waals surface area contributed by atoms with Crippen LogP contribution in [0.15, 0.2) is 64.8 Å². The summed E-state index contributed by atoms with van der Waals surface area (Å²) in [6.07, 6.45) is 1.65. The summed E-state index contributed by atoms with van der Waals surface area (Å²) in [7, 11) is 3.11. The predicted octanol–water partition coefficient (Wildman–Crippen LogP) is 5.65. The van der Waals surface area contributed by atoms with Gasteiger partial charge >= 0.3 is 0 Å². The van der Waals surface area contributed by atoms with Gasteiger partial charge in [0.15, 0.2) is 29.6 Å². The van der Waals surface area contributed by atoms with E-state index >= 15 is 0 Å². The SMILES string of the molecule is COc1ccc(/C=C2\Oc3c(ccc(OCC(=O)c4ccc(Br)cc4)c3C)C2=O)cc1OC. The van der Waals surface area contributed by atoms with E-state index < -0.39 is 0 Å². The number of carbonyl (C=O) groups excluding carboxylic acids is 2. The quantitative estimate of drug-likeness (QED) is 0.303. The van der Waals surface area contributed by atoms with E-state index in [1.54, 1.807) is 75.8 Å². The van der Waals surface area contributed by atoms with Crippen molar-refractivity contribution in [2.45, 2.75) is 6.92 Å². The van der Waals surface area contributed by atoms with E-state index in [-0.39, 0.29) is 23.9 Å². The fraction of sp³-hybridized carbons (Fsp3) is 0.154. The van der Waals surface area contributed by atoms with E-state index in [2.05, 4.69) is 15.9 Å². The molecule has 7 heteroatoms. The second kappa shape index (κ2) is 9.50. The number of benzene rings is 3. The zero-order valence-corrected chi connectivity index (χ0v) is 19.9. The van der Waals surface area contributed by atoms with Gasteiger partial charge in [-0.1, -0.05) is 34.1 Å². The molecule has 168 valence electrons. The molecule has 0 unspecified atom stereocenters. The van der Waals surface area contributed by atoms with Crippen molar-refractivity contribution in [2.75, 3.05) is 20.8 Å². The van der Waals surface area contributed by atoms with Crippen molar-refractivity contribution in [1.29, 1.82) is 0 Å². The van der Waals surface area contributed by atoms with Gasteiger partial charge in [-0.05, 0) is 55.0 Å². The maximum Gasteiger partial charge on any atom is 0.231 e. The summed E-state index contributed by atoms with van der Waals surface area (Å²) >= 11 is 3.35. The van der Waals surface area contributed by atoms with Crippen LogP contribution >= 0.6 is 15.9 Å². The topological polar surface area (TPSA) is 71.1 Å². The lowest BCUT2D eigenvalue weighted by atomic mass is 10.1. The molecular weight excluding hydrogens is 488 g/mol. The molecule has 1 aliphatic rings. The Kier molecular flexibility index (Phi) is 6.51. The average molecular weight is 509 g/mol. The predicted molar refractivity (Wildman–Crippen MR) is 128 cm³/mol. The maximum absolute atomic E-state index is 12.9. The monoisotopic (exact) mass is 508 g/mol. The van der Waals surface area contributed by atoms with Crippen LogP contribution < -0.4 is 18.9 Å². The third-order valence-corrected chi connectivity index (χ3v) is 5.80. The number of hydrogen-bond acceptors (Lipinski definition) is 6. The summed E-state index contributed by atoms with van der Waals surface area (Å²) < 4.78 is 23.1. The van der Waals surface area contributed by atoms with Crippen LogP contribution in [-0.4, -0.2) is 32.4 Å². The van der Waals surface area contributed by atoms with Crippen LogP contribution in [0.3, 0.4) is 0 Å². The molecule has 0 amide bonds. The molecule has 0 N–H and O–H groups in total. The minimum absolute atomic E-state index is 0.121. The lowest BCUT2D eigenvalue weighted by molar-refractivity contribution is 0.0920. The van der Waals surface area contributed by atoms with Gasteiger partial charge in [-0.3, -0.25) is 9.59 Å². The van der Waals surface area contributed by atoms with Gasteiger partial charge in [0.25, 0.3) is 0 Å². The molecule has 0 fully saturated rings. The Labute approximate surface area is 199 Å². The number of methoxy groups -OCH3 is 2. The van der Waals surface area contributed by atoms with Crippen molar-refractivity contribution in [3.8, 4) is 23.0 Å². The highest BCUT2D eigenvalue weighted by atomic mass is 79.9. The minimum atomic E-state index is -0.222. The molecule has 0 saturated carbocycles. The number of ether oxygens (including phenoxy) is 4. The lowest BCUT2D eigenvalue weighted by Crippen LogP contribution is -2.12. The molecule has 3 aromatic carbocycles. The van der Waals surface area contributed by atoms with Gasteiger partial charge in [-0.2, -0.15) is 0 Å². The van der Waals surface area contributed by atoms with E-state index in [4.69, 9.17) is 18.9 Å². The van der Waals surface area contributed by atoms with Gasteiger partial charge in [-0.25, -0.2) is 0 Å². The van der Waals surface area contributed by atoms with Crippen molar-refractivity contribution in [3.63, 3.8) is 0 Å². The van der Waals surface area contributed by atoms with Gasteiger partial charge < -0.3 is 18.9 Å². The third-order valence-electron chi connectivity index (χ3n) is 5.27.